The van der Waals surface area contributed by atoms with Gasteiger partial charge in [-0.15, -0.1) is 0 Å². The van der Waals surface area contributed by atoms with Crippen molar-refractivity contribution in [3.8, 4) is 23.0 Å². The predicted molar refractivity (Wildman–Crippen MR) is 93.6 cm³/mol. The molecule has 2 aromatic carbocycles. The average molecular weight is 360 g/mol. The lowest BCUT2D eigenvalue weighted by molar-refractivity contribution is -0.123. The molecule has 0 saturated heterocycles. The van der Waals surface area contributed by atoms with Crippen molar-refractivity contribution in [1.82, 2.24) is 10.9 Å². The second-order valence-corrected chi connectivity index (χ2v) is 5.04. The maximum absolute atomic E-state index is 12.1. The quantitative estimate of drug-likeness (QED) is 0.728. The number of carbonyl (C=O) groups is 2. The molecule has 0 aliphatic heterocycles. The second kappa shape index (κ2) is 9.16. The van der Waals surface area contributed by atoms with Gasteiger partial charge in [-0.3, -0.25) is 20.4 Å². The lowest BCUT2D eigenvalue weighted by atomic mass is 10.2. The summed E-state index contributed by atoms with van der Waals surface area (Å²) in [6.07, 6.45) is 0. The molecule has 26 heavy (non-hydrogen) atoms. The number of ether oxygens (including phenoxy) is 4. The molecule has 0 radical (unpaired) electrons. The Bertz CT molecular complexity index is 761. The van der Waals surface area contributed by atoms with E-state index in [1.165, 1.54) is 20.3 Å². The molecule has 0 aliphatic rings. The van der Waals surface area contributed by atoms with Crippen molar-refractivity contribution in [2.24, 2.45) is 0 Å². The van der Waals surface area contributed by atoms with Crippen molar-refractivity contribution < 1.29 is 28.5 Å². The highest BCUT2D eigenvalue weighted by Gasteiger charge is 2.12. The third kappa shape index (κ3) is 5.04. The molecule has 0 heterocycles. The number of amides is 2. The van der Waals surface area contributed by atoms with E-state index in [0.717, 1.165) is 0 Å². The molecule has 2 rings (SSSR count). The van der Waals surface area contributed by atoms with Crippen LogP contribution in [0.2, 0.25) is 0 Å². The molecule has 0 aromatic heterocycles. The summed E-state index contributed by atoms with van der Waals surface area (Å²) in [6.45, 7) is -0.251. The second-order valence-electron chi connectivity index (χ2n) is 5.04. The van der Waals surface area contributed by atoms with E-state index in [4.69, 9.17) is 18.9 Å². The Hall–Kier alpha value is -3.42. The fraction of sp³-hybridized carbons (Fsp3) is 0.222. The normalized spacial score (nSPS) is 9.81. The zero-order chi connectivity index (χ0) is 18.9. The van der Waals surface area contributed by atoms with Gasteiger partial charge in [-0.2, -0.15) is 0 Å². The Morgan fingerprint density at radius 1 is 0.808 bits per heavy atom. The summed E-state index contributed by atoms with van der Waals surface area (Å²) >= 11 is 0. The minimum Gasteiger partial charge on any atom is -0.497 e. The van der Waals surface area contributed by atoms with E-state index in [1.54, 1.807) is 43.5 Å². The van der Waals surface area contributed by atoms with E-state index in [-0.39, 0.29) is 6.61 Å². The Kier molecular flexibility index (Phi) is 6.67. The summed E-state index contributed by atoms with van der Waals surface area (Å²) in [5.41, 5.74) is 4.89. The number of hydrogen-bond donors (Lipinski definition) is 2. The molecule has 8 heteroatoms. The zero-order valence-corrected chi connectivity index (χ0v) is 14.7. The third-order valence-electron chi connectivity index (χ3n) is 3.39. The minimum absolute atomic E-state index is 0.251. The van der Waals surface area contributed by atoms with Gasteiger partial charge in [-0.1, -0.05) is 0 Å². The van der Waals surface area contributed by atoms with E-state index in [9.17, 15) is 9.59 Å². The molecule has 0 saturated carbocycles. The van der Waals surface area contributed by atoms with Gasteiger partial charge in [0.2, 0.25) is 0 Å². The Balaban J connectivity index is 1.83. The van der Waals surface area contributed by atoms with Gasteiger partial charge in [0.25, 0.3) is 11.8 Å². The molecule has 8 nitrogen and oxygen atoms in total. The Morgan fingerprint density at radius 3 is 2.08 bits per heavy atom. The number of rotatable bonds is 7. The fourth-order valence-electron chi connectivity index (χ4n) is 2.03. The maximum Gasteiger partial charge on any atom is 0.276 e. The van der Waals surface area contributed by atoms with Crippen molar-refractivity contribution >= 4 is 11.8 Å². The van der Waals surface area contributed by atoms with Crippen molar-refractivity contribution in [3.63, 3.8) is 0 Å². The van der Waals surface area contributed by atoms with Crippen LogP contribution >= 0.6 is 0 Å². The fourth-order valence-corrected chi connectivity index (χ4v) is 2.03. The summed E-state index contributed by atoms with van der Waals surface area (Å²) in [5.74, 6) is 1.10. The van der Waals surface area contributed by atoms with Gasteiger partial charge in [0.05, 0.1) is 21.3 Å². The molecule has 0 fully saturated rings. The molecule has 0 unspecified atom stereocenters. The summed E-state index contributed by atoms with van der Waals surface area (Å²) in [7, 11) is 4.53. The van der Waals surface area contributed by atoms with Gasteiger partial charge in [0.1, 0.15) is 11.5 Å². The van der Waals surface area contributed by atoms with Crippen molar-refractivity contribution in [3.05, 3.63) is 48.0 Å². The van der Waals surface area contributed by atoms with E-state index < -0.39 is 11.8 Å². The molecule has 138 valence electrons. The third-order valence-corrected chi connectivity index (χ3v) is 3.39. The monoisotopic (exact) mass is 360 g/mol. The van der Waals surface area contributed by atoms with Crippen LogP contribution in [0.3, 0.4) is 0 Å². The average Bonchev–Trinajstić information content (AvgIpc) is 2.70. The molecule has 0 bridgehead atoms. The van der Waals surface area contributed by atoms with Gasteiger partial charge in [0.15, 0.2) is 18.1 Å². The van der Waals surface area contributed by atoms with Gasteiger partial charge in [-0.25, -0.2) is 0 Å². The van der Waals surface area contributed by atoms with Crippen LogP contribution in [0.1, 0.15) is 10.4 Å². The first-order valence-corrected chi connectivity index (χ1v) is 7.65. The standard InChI is InChI=1S/C18H20N2O6/c1-23-13-5-7-14(8-6-13)26-11-17(21)19-20-18(22)12-4-9-15(24-2)16(10-12)25-3/h4-10H,11H2,1-3H3,(H,19,21)(H,20,22). The van der Waals surface area contributed by atoms with Crippen molar-refractivity contribution in [1.29, 1.82) is 0 Å². The molecular formula is C18H20N2O6. The van der Waals surface area contributed by atoms with Crippen molar-refractivity contribution in [2.75, 3.05) is 27.9 Å². The maximum atomic E-state index is 12.1. The molecule has 0 atom stereocenters. The zero-order valence-electron chi connectivity index (χ0n) is 14.7. The Labute approximate surface area is 151 Å². The highest BCUT2D eigenvalue weighted by Crippen LogP contribution is 2.27. The highest BCUT2D eigenvalue weighted by molar-refractivity contribution is 5.96. The summed E-state index contributed by atoms with van der Waals surface area (Å²) in [4.78, 5) is 23.9. The highest BCUT2D eigenvalue weighted by atomic mass is 16.5. The van der Waals surface area contributed by atoms with Crippen molar-refractivity contribution in [2.45, 2.75) is 0 Å². The molecule has 0 spiro atoms. The van der Waals surface area contributed by atoms with E-state index in [0.29, 0.717) is 28.6 Å². The molecular weight excluding hydrogens is 340 g/mol. The topological polar surface area (TPSA) is 95.1 Å². The largest absolute Gasteiger partial charge is 0.497 e. The van der Waals surface area contributed by atoms with Crippen LogP contribution in [0.5, 0.6) is 23.0 Å². The van der Waals surface area contributed by atoms with Gasteiger partial charge in [0, 0.05) is 5.56 Å². The summed E-state index contributed by atoms with van der Waals surface area (Å²) in [6, 6.07) is 11.4. The van der Waals surface area contributed by atoms with Crippen LogP contribution in [0.15, 0.2) is 42.5 Å². The number of methoxy groups -OCH3 is 3. The number of benzene rings is 2. The van der Waals surface area contributed by atoms with E-state index in [2.05, 4.69) is 10.9 Å². The van der Waals surface area contributed by atoms with Crippen LogP contribution < -0.4 is 29.8 Å². The van der Waals surface area contributed by atoms with Gasteiger partial charge < -0.3 is 18.9 Å². The Morgan fingerprint density at radius 2 is 1.46 bits per heavy atom. The number of hydrazine groups is 1. The lowest BCUT2D eigenvalue weighted by Crippen LogP contribution is -2.43. The molecule has 2 aromatic rings. The van der Waals surface area contributed by atoms with Crippen LogP contribution in [-0.4, -0.2) is 39.8 Å². The SMILES string of the molecule is COc1ccc(OCC(=O)NNC(=O)c2ccc(OC)c(OC)c2)cc1. The molecule has 2 amide bonds. The van der Waals surface area contributed by atoms with E-state index >= 15 is 0 Å². The molecule has 0 aliphatic carbocycles. The van der Waals surface area contributed by atoms with E-state index in [1.807, 2.05) is 0 Å². The first-order chi connectivity index (χ1) is 12.6. The number of carbonyl (C=O) groups excluding carboxylic acids is 2. The van der Waals surface area contributed by atoms with Crippen LogP contribution in [0.25, 0.3) is 0 Å². The smallest absolute Gasteiger partial charge is 0.276 e. The van der Waals surface area contributed by atoms with Crippen LogP contribution in [0, 0.1) is 0 Å². The number of nitrogens with one attached hydrogen (secondary N) is 2. The summed E-state index contributed by atoms with van der Waals surface area (Å²) < 4.78 is 20.6. The predicted octanol–water partition coefficient (Wildman–Crippen LogP) is 1.55. The molecule has 2 N–H and O–H groups in total. The first kappa shape index (κ1) is 18.9. The van der Waals surface area contributed by atoms with Gasteiger partial charge in [-0.05, 0) is 42.5 Å². The minimum atomic E-state index is -0.505. The van der Waals surface area contributed by atoms with Crippen LogP contribution in [-0.2, 0) is 4.79 Å². The lowest BCUT2D eigenvalue weighted by Gasteiger charge is -2.11. The first-order valence-electron chi connectivity index (χ1n) is 7.65. The number of hydrogen-bond acceptors (Lipinski definition) is 6. The van der Waals surface area contributed by atoms with Crippen LogP contribution in [0.4, 0.5) is 0 Å². The summed E-state index contributed by atoms with van der Waals surface area (Å²) in [5, 5.41) is 0. The van der Waals surface area contributed by atoms with Gasteiger partial charge >= 0.3 is 0 Å².